The maximum Gasteiger partial charge on any atom is 0.433 e. The second kappa shape index (κ2) is 4.85. The van der Waals surface area contributed by atoms with Crippen LogP contribution in [0.4, 0.5) is 5.88 Å². The molecule has 0 bridgehead atoms. The van der Waals surface area contributed by atoms with Crippen LogP contribution in [0.2, 0.25) is 0 Å². The third-order valence-corrected chi connectivity index (χ3v) is 3.14. The van der Waals surface area contributed by atoms with Crippen molar-refractivity contribution >= 4 is 5.88 Å². The molecule has 2 heterocycles. The van der Waals surface area contributed by atoms with E-state index in [2.05, 4.69) is 11.8 Å². The largest absolute Gasteiger partial charge is 0.433 e. The standard InChI is InChI=1S/C11H17N3O3/c1-2-6-13-7-5-8(12)11(13)9-3-4-10(17-9)14(15)16/h3-4,8,11H,2,5-7,12H2,1H3. The zero-order valence-electron chi connectivity index (χ0n) is 9.83. The van der Waals surface area contributed by atoms with Gasteiger partial charge in [0.25, 0.3) is 0 Å². The number of nitro groups is 1. The van der Waals surface area contributed by atoms with Crippen molar-refractivity contribution in [3.05, 3.63) is 28.0 Å². The molecule has 1 aliphatic heterocycles. The highest BCUT2D eigenvalue weighted by Gasteiger charge is 2.35. The monoisotopic (exact) mass is 239 g/mol. The first-order valence-corrected chi connectivity index (χ1v) is 5.87. The van der Waals surface area contributed by atoms with Crippen LogP contribution in [-0.2, 0) is 0 Å². The average molecular weight is 239 g/mol. The van der Waals surface area contributed by atoms with E-state index < -0.39 is 4.92 Å². The van der Waals surface area contributed by atoms with Gasteiger partial charge in [0.1, 0.15) is 10.7 Å². The molecule has 6 heteroatoms. The van der Waals surface area contributed by atoms with Gasteiger partial charge in [-0.1, -0.05) is 6.92 Å². The lowest BCUT2D eigenvalue weighted by Gasteiger charge is -2.23. The minimum Gasteiger partial charge on any atom is -0.404 e. The number of rotatable bonds is 4. The molecule has 0 saturated carbocycles. The number of hydrogen-bond donors (Lipinski definition) is 1. The van der Waals surface area contributed by atoms with Crippen LogP contribution in [0.15, 0.2) is 16.5 Å². The molecular weight excluding hydrogens is 222 g/mol. The lowest BCUT2D eigenvalue weighted by atomic mass is 10.1. The molecule has 2 atom stereocenters. The summed E-state index contributed by atoms with van der Waals surface area (Å²) in [5.74, 6) is 0.394. The summed E-state index contributed by atoms with van der Waals surface area (Å²) in [7, 11) is 0. The number of nitrogens with zero attached hydrogens (tertiary/aromatic N) is 2. The summed E-state index contributed by atoms with van der Waals surface area (Å²) in [6.07, 6.45) is 1.94. The van der Waals surface area contributed by atoms with Crippen molar-refractivity contribution in [1.82, 2.24) is 4.90 Å². The van der Waals surface area contributed by atoms with Crippen LogP contribution >= 0.6 is 0 Å². The molecule has 1 aromatic rings. The first-order chi connectivity index (χ1) is 8.13. The topological polar surface area (TPSA) is 85.5 Å². The molecule has 2 N–H and O–H groups in total. The van der Waals surface area contributed by atoms with Gasteiger partial charge in [-0.2, -0.15) is 0 Å². The van der Waals surface area contributed by atoms with E-state index in [4.69, 9.17) is 10.2 Å². The summed E-state index contributed by atoms with van der Waals surface area (Å²) in [4.78, 5) is 12.3. The summed E-state index contributed by atoms with van der Waals surface area (Å²) in [5, 5.41) is 10.6. The highest BCUT2D eigenvalue weighted by molar-refractivity contribution is 5.21. The van der Waals surface area contributed by atoms with Gasteiger partial charge in [0, 0.05) is 12.6 Å². The van der Waals surface area contributed by atoms with E-state index in [9.17, 15) is 10.1 Å². The van der Waals surface area contributed by atoms with E-state index in [0.29, 0.717) is 5.76 Å². The second-order valence-electron chi connectivity index (χ2n) is 4.37. The Morgan fingerprint density at radius 1 is 1.65 bits per heavy atom. The van der Waals surface area contributed by atoms with Gasteiger partial charge in [0.2, 0.25) is 0 Å². The normalized spacial score (nSPS) is 25.3. The van der Waals surface area contributed by atoms with E-state index in [1.165, 1.54) is 6.07 Å². The lowest BCUT2D eigenvalue weighted by Crippen LogP contribution is -2.31. The Kier molecular flexibility index (Phi) is 3.44. The smallest absolute Gasteiger partial charge is 0.404 e. The SMILES string of the molecule is CCCN1CCC(N)C1c1ccc([N+](=O)[O-])o1. The van der Waals surface area contributed by atoms with Gasteiger partial charge in [-0.05, 0) is 25.5 Å². The Balaban J connectivity index is 2.20. The zero-order valence-corrected chi connectivity index (χ0v) is 9.83. The fourth-order valence-electron chi connectivity index (χ4n) is 2.41. The van der Waals surface area contributed by atoms with Crippen LogP contribution in [0.5, 0.6) is 0 Å². The molecule has 2 rings (SSSR count). The molecule has 6 nitrogen and oxygen atoms in total. The summed E-state index contributed by atoms with van der Waals surface area (Å²) >= 11 is 0. The van der Waals surface area contributed by atoms with Gasteiger partial charge in [-0.3, -0.25) is 15.0 Å². The molecule has 1 fully saturated rings. The van der Waals surface area contributed by atoms with Crippen molar-refractivity contribution in [2.45, 2.75) is 31.8 Å². The maximum atomic E-state index is 10.6. The van der Waals surface area contributed by atoms with E-state index >= 15 is 0 Å². The Labute approximate surface area is 99.5 Å². The predicted molar refractivity (Wildman–Crippen MR) is 62.6 cm³/mol. The van der Waals surface area contributed by atoms with Crippen molar-refractivity contribution < 1.29 is 9.34 Å². The number of hydrogen-bond acceptors (Lipinski definition) is 5. The Morgan fingerprint density at radius 3 is 3.00 bits per heavy atom. The number of furan rings is 1. The van der Waals surface area contributed by atoms with Gasteiger partial charge in [-0.25, -0.2) is 0 Å². The molecule has 1 aromatic heterocycles. The Morgan fingerprint density at radius 2 is 2.41 bits per heavy atom. The first kappa shape index (κ1) is 12.1. The minimum absolute atomic E-state index is 0.00713. The first-order valence-electron chi connectivity index (χ1n) is 5.87. The Hall–Kier alpha value is -1.40. The lowest BCUT2D eigenvalue weighted by molar-refractivity contribution is -0.402. The van der Waals surface area contributed by atoms with Crippen LogP contribution in [0.1, 0.15) is 31.6 Å². The number of nitrogens with two attached hydrogens (primary N) is 1. The molecule has 0 aromatic carbocycles. The maximum absolute atomic E-state index is 10.6. The molecule has 17 heavy (non-hydrogen) atoms. The van der Waals surface area contributed by atoms with Crippen LogP contribution < -0.4 is 5.73 Å². The molecule has 0 aliphatic carbocycles. The van der Waals surface area contributed by atoms with Gasteiger partial charge < -0.3 is 10.2 Å². The predicted octanol–water partition coefficient (Wildman–Crippen LogP) is 1.67. The molecule has 0 spiro atoms. The van der Waals surface area contributed by atoms with Gasteiger partial charge in [0.05, 0.1) is 12.1 Å². The van der Waals surface area contributed by atoms with Crippen LogP contribution in [0.3, 0.4) is 0 Å². The Bertz CT molecular complexity index is 402. The second-order valence-corrected chi connectivity index (χ2v) is 4.37. The highest BCUT2D eigenvalue weighted by Crippen LogP contribution is 2.33. The summed E-state index contributed by atoms with van der Waals surface area (Å²) < 4.78 is 5.26. The van der Waals surface area contributed by atoms with Gasteiger partial charge in [0.15, 0.2) is 0 Å². The third-order valence-electron chi connectivity index (χ3n) is 3.14. The molecule has 1 aliphatic rings. The van der Waals surface area contributed by atoms with E-state index in [0.717, 1.165) is 25.9 Å². The van der Waals surface area contributed by atoms with Gasteiger partial charge >= 0.3 is 5.88 Å². The zero-order chi connectivity index (χ0) is 12.4. The molecule has 0 amide bonds. The van der Waals surface area contributed by atoms with Crippen LogP contribution in [-0.4, -0.2) is 29.0 Å². The van der Waals surface area contributed by atoms with Crippen molar-refractivity contribution in [1.29, 1.82) is 0 Å². The molecule has 0 radical (unpaired) electrons. The fraction of sp³-hybridized carbons (Fsp3) is 0.636. The van der Waals surface area contributed by atoms with Crippen molar-refractivity contribution in [2.24, 2.45) is 5.73 Å². The highest BCUT2D eigenvalue weighted by atomic mass is 16.6. The van der Waals surface area contributed by atoms with E-state index in [1.54, 1.807) is 6.07 Å². The van der Waals surface area contributed by atoms with E-state index in [-0.39, 0.29) is 18.0 Å². The van der Waals surface area contributed by atoms with Crippen LogP contribution in [0.25, 0.3) is 0 Å². The molecule has 1 saturated heterocycles. The van der Waals surface area contributed by atoms with Crippen LogP contribution in [0, 0.1) is 10.1 Å². The molecule has 2 unspecified atom stereocenters. The summed E-state index contributed by atoms with van der Waals surface area (Å²) in [6.45, 7) is 3.96. The summed E-state index contributed by atoms with van der Waals surface area (Å²) in [6, 6.07) is 3.03. The molecule has 94 valence electrons. The quantitative estimate of drug-likeness (QED) is 0.638. The minimum atomic E-state index is -0.520. The average Bonchev–Trinajstić information content (AvgIpc) is 2.86. The number of likely N-dealkylation sites (tertiary alicyclic amines) is 1. The molecular formula is C11H17N3O3. The van der Waals surface area contributed by atoms with Crippen molar-refractivity contribution in [3.63, 3.8) is 0 Å². The summed E-state index contributed by atoms with van der Waals surface area (Å²) in [5.41, 5.74) is 6.05. The van der Waals surface area contributed by atoms with Gasteiger partial charge in [-0.15, -0.1) is 0 Å². The van der Waals surface area contributed by atoms with Crippen molar-refractivity contribution in [3.8, 4) is 0 Å². The third kappa shape index (κ3) is 2.32. The van der Waals surface area contributed by atoms with Crippen molar-refractivity contribution in [2.75, 3.05) is 13.1 Å². The fourth-order valence-corrected chi connectivity index (χ4v) is 2.41. The van der Waals surface area contributed by atoms with E-state index in [1.807, 2.05) is 0 Å².